The molecule has 0 saturated carbocycles. The van der Waals surface area contributed by atoms with Gasteiger partial charge in [-0.3, -0.25) is 4.98 Å². The molecule has 4 heteroatoms. The third-order valence-electron chi connectivity index (χ3n) is 3.41. The van der Waals surface area contributed by atoms with E-state index in [4.69, 9.17) is 10.5 Å². The maximum atomic E-state index is 6.02. The summed E-state index contributed by atoms with van der Waals surface area (Å²) < 4.78 is 6.77. The lowest BCUT2D eigenvalue weighted by Crippen LogP contribution is -2.05. The Morgan fingerprint density at radius 3 is 3.05 bits per heavy atom. The van der Waals surface area contributed by atoms with Gasteiger partial charge in [0, 0.05) is 28.5 Å². The number of nitrogens with two attached hydrogens (primary N) is 1. The van der Waals surface area contributed by atoms with Crippen LogP contribution in [0.25, 0.3) is 0 Å². The van der Waals surface area contributed by atoms with Gasteiger partial charge >= 0.3 is 0 Å². The fourth-order valence-corrected chi connectivity index (χ4v) is 2.83. The molecule has 1 aromatic carbocycles. The van der Waals surface area contributed by atoms with Crippen LogP contribution in [0.4, 0.5) is 0 Å². The molecule has 1 aliphatic rings. The summed E-state index contributed by atoms with van der Waals surface area (Å²) in [6.45, 7) is 0.525. The van der Waals surface area contributed by atoms with E-state index in [2.05, 4.69) is 33.0 Å². The van der Waals surface area contributed by atoms with E-state index in [-0.39, 0.29) is 6.04 Å². The zero-order chi connectivity index (χ0) is 13.2. The Balaban J connectivity index is 1.71. The van der Waals surface area contributed by atoms with Gasteiger partial charge in [-0.25, -0.2) is 0 Å². The predicted molar refractivity (Wildman–Crippen MR) is 78.0 cm³/mol. The molecule has 2 aromatic rings. The van der Waals surface area contributed by atoms with Crippen LogP contribution in [0.5, 0.6) is 5.75 Å². The van der Waals surface area contributed by atoms with E-state index in [9.17, 15) is 0 Å². The molecule has 0 saturated heterocycles. The summed E-state index contributed by atoms with van der Waals surface area (Å²) in [5.41, 5.74) is 9.65. The van der Waals surface area contributed by atoms with Crippen LogP contribution in [0, 0.1) is 0 Å². The van der Waals surface area contributed by atoms with Crippen molar-refractivity contribution in [3.63, 3.8) is 0 Å². The molecule has 0 aliphatic heterocycles. The molecule has 2 N–H and O–H groups in total. The predicted octanol–water partition coefficient (Wildman–Crippen LogP) is 3.37. The Hall–Kier alpha value is -1.39. The van der Waals surface area contributed by atoms with Gasteiger partial charge in [-0.2, -0.15) is 0 Å². The zero-order valence-corrected chi connectivity index (χ0v) is 12.1. The van der Waals surface area contributed by atoms with Crippen LogP contribution in [0.3, 0.4) is 0 Å². The molecule has 3 nitrogen and oxygen atoms in total. The number of fused-ring (bicyclic) bond motifs is 1. The van der Waals surface area contributed by atoms with E-state index >= 15 is 0 Å². The van der Waals surface area contributed by atoms with Crippen molar-refractivity contribution in [3.8, 4) is 5.75 Å². The van der Waals surface area contributed by atoms with Crippen molar-refractivity contribution in [2.45, 2.75) is 25.5 Å². The van der Waals surface area contributed by atoms with Crippen molar-refractivity contribution >= 4 is 15.9 Å². The van der Waals surface area contributed by atoms with Gasteiger partial charge in [0.15, 0.2) is 0 Å². The number of halogens is 1. The Bertz CT molecular complexity index is 600. The van der Waals surface area contributed by atoms with E-state index in [0.717, 1.165) is 28.6 Å². The highest BCUT2D eigenvalue weighted by Crippen LogP contribution is 2.32. The number of pyridine rings is 1. The average Bonchev–Trinajstić information content (AvgIpc) is 2.78. The maximum absolute atomic E-state index is 6.02. The van der Waals surface area contributed by atoms with E-state index in [1.807, 2.05) is 18.3 Å². The molecule has 1 atom stereocenters. The molecule has 1 aromatic heterocycles. The smallest absolute Gasteiger partial charge is 0.120 e. The van der Waals surface area contributed by atoms with Crippen LogP contribution < -0.4 is 10.5 Å². The van der Waals surface area contributed by atoms with Gasteiger partial charge in [-0.15, -0.1) is 0 Å². The molecule has 19 heavy (non-hydrogen) atoms. The quantitative estimate of drug-likeness (QED) is 0.943. The number of aromatic nitrogens is 1. The monoisotopic (exact) mass is 318 g/mol. The highest BCUT2D eigenvalue weighted by Gasteiger charge is 2.18. The number of rotatable bonds is 3. The summed E-state index contributed by atoms with van der Waals surface area (Å²) >= 11 is 3.40. The van der Waals surface area contributed by atoms with Gasteiger partial charge in [-0.1, -0.05) is 6.07 Å². The summed E-state index contributed by atoms with van der Waals surface area (Å²) in [7, 11) is 0. The van der Waals surface area contributed by atoms with E-state index in [0.29, 0.717) is 6.61 Å². The summed E-state index contributed by atoms with van der Waals surface area (Å²) in [6.07, 6.45) is 5.66. The van der Waals surface area contributed by atoms with Crippen LogP contribution in [-0.4, -0.2) is 4.98 Å². The lowest BCUT2D eigenvalue weighted by atomic mass is 10.1. The van der Waals surface area contributed by atoms with Crippen molar-refractivity contribution in [3.05, 3.63) is 57.8 Å². The van der Waals surface area contributed by atoms with E-state index in [1.54, 1.807) is 6.20 Å². The number of nitrogens with zero attached hydrogens (tertiary/aromatic N) is 1. The summed E-state index contributed by atoms with van der Waals surface area (Å²) in [5.74, 6) is 0.896. The number of hydrogen-bond donors (Lipinski definition) is 1. The molecule has 0 bridgehead atoms. The minimum Gasteiger partial charge on any atom is -0.489 e. The molecule has 1 aliphatic carbocycles. The molecule has 0 radical (unpaired) electrons. The van der Waals surface area contributed by atoms with Crippen molar-refractivity contribution in [2.75, 3.05) is 0 Å². The summed E-state index contributed by atoms with van der Waals surface area (Å²) in [5, 5.41) is 0. The first kappa shape index (κ1) is 12.6. The third kappa shape index (κ3) is 2.80. The van der Waals surface area contributed by atoms with Gasteiger partial charge in [0.05, 0.1) is 0 Å². The Morgan fingerprint density at radius 1 is 1.32 bits per heavy atom. The second kappa shape index (κ2) is 5.31. The highest BCUT2D eigenvalue weighted by molar-refractivity contribution is 9.10. The first-order valence-corrected chi connectivity index (χ1v) is 7.12. The second-order valence-electron chi connectivity index (χ2n) is 4.81. The largest absolute Gasteiger partial charge is 0.489 e. The van der Waals surface area contributed by atoms with Crippen LogP contribution in [-0.2, 0) is 13.0 Å². The molecule has 0 spiro atoms. The zero-order valence-electron chi connectivity index (χ0n) is 10.5. The lowest BCUT2D eigenvalue weighted by Gasteiger charge is -2.09. The van der Waals surface area contributed by atoms with Gasteiger partial charge < -0.3 is 10.5 Å². The van der Waals surface area contributed by atoms with Crippen molar-refractivity contribution < 1.29 is 4.74 Å². The number of benzene rings is 1. The van der Waals surface area contributed by atoms with E-state index < -0.39 is 0 Å². The number of hydrogen-bond acceptors (Lipinski definition) is 3. The van der Waals surface area contributed by atoms with Gasteiger partial charge in [0.25, 0.3) is 0 Å². The van der Waals surface area contributed by atoms with E-state index in [1.165, 1.54) is 11.1 Å². The molecule has 3 rings (SSSR count). The number of aryl methyl sites for hydroxylation is 1. The fourth-order valence-electron chi connectivity index (χ4n) is 2.42. The van der Waals surface area contributed by atoms with Gasteiger partial charge in [0.2, 0.25) is 0 Å². The summed E-state index contributed by atoms with van der Waals surface area (Å²) in [6, 6.07) is 8.39. The normalized spacial score (nSPS) is 17.3. The van der Waals surface area contributed by atoms with Crippen LogP contribution in [0.15, 0.2) is 41.1 Å². The average molecular weight is 319 g/mol. The van der Waals surface area contributed by atoms with Gasteiger partial charge in [-0.05, 0) is 58.1 Å². The van der Waals surface area contributed by atoms with Gasteiger partial charge in [0.1, 0.15) is 12.4 Å². The maximum Gasteiger partial charge on any atom is 0.120 e. The Morgan fingerprint density at radius 2 is 2.21 bits per heavy atom. The van der Waals surface area contributed by atoms with Crippen LogP contribution in [0.2, 0.25) is 0 Å². The van der Waals surface area contributed by atoms with Crippen LogP contribution >= 0.6 is 15.9 Å². The minimum absolute atomic E-state index is 0.193. The SMILES string of the molecule is NC1CCc2cc(OCc3cncc(Br)c3)ccc21. The molecular weight excluding hydrogens is 304 g/mol. The highest BCUT2D eigenvalue weighted by atomic mass is 79.9. The van der Waals surface area contributed by atoms with Crippen molar-refractivity contribution in [1.82, 2.24) is 4.98 Å². The third-order valence-corrected chi connectivity index (χ3v) is 3.84. The first-order chi connectivity index (χ1) is 9.22. The van der Waals surface area contributed by atoms with Crippen molar-refractivity contribution in [2.24, 2.45) is 5.73 Å². The minimum atomic E-state index is 0.193. The molecular formula is C15H15BrN2O. The standard InChI is InChI=1S/C15H15BrN2O/c16-12-5-10(7-18-8-12)9-19-13-2-3-14-11(6-13)1-4-15(14)17/h2-3,5-8,15H,1,4,9,17H2. The molecule has 0 fully saturated rings. The topological polar surface area (TPSA) is 48.1 Å². The Labute approximate surface area is 120 Å². The lowest BCUT2D eigenvalue weighted by molar-refractivity contribution is 0.305. The molecule has 1 heterocycles. The fraction of sp³-hybridized carbons (Fsp3) is 0.267. The first-order valence-electron chi connectivity index (χ1n) is 6.33. The molecule has 0 amide bonds. The Kier molecular flexibility index (Phi) is 3.53. The van der Waals surface area contributed by atoms with Crippen LogP contribution in [0.1, 0.15) is 29.2 Å². The summed E-state index contributed by atoms with van der Waals surface area (Å²) in [4.78, 5) is 4.12. The van der Waals surface area contributed by atoms with Crippen molar-refractivity contribution in [1.29, 1.82) is 0 Å². The molecule has 98 valence electrons. The second-order valence-corrected chi connectivity index (χ2v) is 5.72. The number of ether oxygens (including phenoxy) is 1. The molecule has 1 unspecified atom stereocenters.